The molecule has 0 aromatic heterocycles. The molecule has 2 rings (SSSR count). The normalized spacial score (nSPS) is 27.8. The minimum atomic E-state index is -3.27. The Hall–Kier alpha value is -0.420. The van der Waals surface area contributed by atoms with Crippen molar-refractivity contribution in [1.82, 2.24) is 4.31 Å². The molecule has 1 saturated heterocycles. The number of carbonyl (C=O) groups excluding carboxylic acids is 1. The van der Waals surface area contributed by atoms with Crippen molar-refractivity contribution >= 4 is 15.8 Å². The van der Waals surface area contributed by atoms with Gasteiger partial charge < -0.3 is 0 Å². The zero-order chi connectivity index (χ0) is 12.0. The maximum Gasteiger partial charge on any atom is 0.217 e. The van der Waals surface area contributed by atoms with Crippen LogP contribution in [0, 0.1) is 0 Å². The van der Waals surface area contributed by atoms with Crippen LogP contribution >= 0.6 is 0 Å². The molecule has 4 nitrogen and oxygen atoms in total. The molecule has 1 aliphatic carbocycles. The number of ketones is 1. The summed E-state index contributed by atoms with van der Waals surface area (Å²) in [6, 6.07) is 0. The Labute approximate surface area is 97.1 Å². The lowest BCUT2D eigenvalue weighted by Crippen LogP contribution is -2.49. The molecule has 16 heavy (non-hydrogen) atoms. The largest absolute Gasteiger partial charge is 0.298 e. The SMILES string of the molecule is CC1(C)C(=O)CCN1S(=O)(=O)C1CCCC1. The van der Waals surface area contributed by atoms with Crippen LogP contribution < -0.4 is 0 Å². The lowest BCUT2D eigenvalue weighted by molar-refractivity contribution is -0.122. The molecule has 0 atom stereocenters. The van der Waals surface area contributed by atoms with E-state index in [4.69, 9.17) is 0 Å². The molecule has 0 spiro atoms. The molecule has 0 aromatic rings. The minimum Gasteiger partial charge on any atom is -0.298 e. The molecule has 0 bridgehead atoms. The first kappa shape index (κ1) is 12.0. The smallest absolute Gasteiger partial charge is 0.217 e. The third-order valence-corrected chi connectivity index (χ3v) is 6.45. The van der Waals surface area contributed by atoms with Crippen LogP contribution in [0.15, 0.2) is 0 Å². The second-order valence-electron chi connectivity index (χ2n) is 5.26. The summed E-state index contributed by atoms with van der Waals surface area (Å²) in [4.78, 5) is 11.7. The number of hydrogen-bond acceptors (Lipinski definition) is 3. The van der Waals surface area contributed by atoms with Gasteiger partial charge in [-0.25, -0.2) is 8.42 Å². The highest BCUT2D eigenvalue weighted by Gasteiger charge is 2.49. The quantitative estimate of drug-likeness (QED) is 0.737. The Kier molecular flexibility index (Phi) is 2.87. The maximum atomic E-state index is 12.4. The molecule has 5 heteroatoms. The number of carbonyl (C=O) groups is 1. The van der Waals surface area contributed by atoms with Crippen LogP contribution in [0.25, 0.3) is 0 Å². The molecule has 0 unspecified atom stereocenters. The molecule has 1 saturated carbocycles. The van der Waals surface area contributed by atoms with Crippen molar-refractivity contribution in [1.29, 1.82) is 0 Å². The molecule has 0 radical (unpaired) electrons. The summed E-state index contributed by atoms with van der Waals surface area (Å²) in [7, 11) is -3.27. The molecule has 1 aliphatic heterocycles. The molecule has 0 aromatic carbocycles. The first-order valence-electron chi connectivity index (χ1n) is 5.92. The van der Waals surface area contributed by atoms with Crippen LogP contribution in [-0.4, -0.2) is 35.8 Å². The highest BCUT2D eigenvalue weighted by molar-refractivity contribution is 7.89. The van der Waals surface area contributed by atoms with Gasteiger partial charge in [0.15, 0.2) is 5.78 Å². The van der Waals surface area contributed by atoms with Crippen LogP contribution in [0.5, 0.6) is 0 Å². The van der Waals surface area contributed by atoms with Gasteiger partial charge >= 0.3 is 0 Å². The van der Waals surface area contributed by atoms with Gasteiger partial charge in [-0.3, -0.25) is 4.79 Å². The Morgan fingerprint density at radius 3 is 2.25 bits per heavy atom. The van der Waals surface area contributed by atoms with Gasteiger partial charge in [0.05, 0.1) is 10.8 Å². The van der Waals surface area contributed by atoms with Crippen molar-refractivity contribution in [3.8, 4) is 0 Å². The monoisotopic (exact) mass is 245 g/mol. The fourth-order valence-corrected chi connectivity index (χ4v) is 5.11. The van der Waals surface area contributed by atoms with Crippen LogP contribution in [0.1, 0.15) is 46.0 Å². The fourth-order valence-electron chi connectivity index (χ4n) is 2.74. The number of rotatable bonds is 2. The number of nitrogens with zero attached hydrogens (tertiary/aromatic N) is 1. The van der Waals surface area contributed by atoms with Crippen molar-refractivity contribution in [2.45, 2.75) is 56.7 Å². The van der Waals surface area contributed by atoms with Gasteiger partial charge in [0, 0.05) is 13.0 Å². The van der Waals surface area contributed by atoms with E-state index in [9.17, 15) is 13.2 Å². The van der Waals surface area contributed by atoms with Crippen molar-refractivity contribution in [2.24, 2.45) is 0 Å². The molecule has 2 fully saturated rings. The van der Waals surface area contributed by atoms with E-state index in [2.05, 4.69) is 0 Å². The molecule has 2 aliphatic rings. The van der Waals surface area contributed by atoms with E-state index in [1.807, 2.05) is 0 Å². The van der Waals surface area contributed by atoms with Crippen LogP contribution in [-0.2, 0) is 14.8 Å². The van der Waals surface area contributed by atoms with E-state index in [1.54, 1.807) is 13.8 Å². The van der Waals surface area contributed by atoms with E-state index in [0.29, 0.717) is 13.0 Å². The van der Waals surface area contributed by atoms with E-state index >= 15 is 0 Å². The summed E-state index contributed by atoms with van der Waals surface area (Å²) >= 11 is 0. The molecule has 92 valence electrons. The number of Topliss-reactive ketones (excluding diaryl/α,β-unsaturated/α-hetero) is 1. The van der Waals surface area contributed by atoms with E-state index in [1.165, 1.54) is 4.31 Å². The second kappa shape index (κ2) is 3.81. The highest BCUT2D eigenvalue weighted by Crippen LogP contribution is 2.34. The van der Waals surface area contributed by atoms with Crippen molar-refractivity contribution < 1.29 is 13.2 Å². The van der Waals surface area contributed by atoms with E-state index in [0.717, 1.165) is 25.7 Å². The van der Waals surface area contributed by atoms with Gasteiger partial charge in [-0.1, -0.05) is 12.8 Å². The minimum absolute atomic E-state index is 0.0362. The first-order valence-corrected chi connectivity index (χ1v) is 7.42. The van der Waals surface area contributed by atoms with E-state index in [-0.39, 0.29) is 11.0 Å². The third-order valence-electron chi connectivity index (χ3n) is 3.88. The van der Waals surface area contributed by atoms with Crippen LogP contribution in [0.2, 0.25) is 0 Å². The predicted molar refractivity (Wildman–Crippen MR) is 61.6 cm³/mol. The Morgan fingerprint density at radius 2 is 1.81 bits per heavy atom. The zero-order valence-corrected chi connectivity index (χ0v) is 10.7. The average molecular weight is 245 g/mol. The number of sulfonamides is 1. The summed E-state index contributed by atoms with van der Waals surface area (Å²) in [5.41, 5.74) is -0.832. The van der Waals surface area contributed by atoms with Crippen molar-refractivity contribution in [3.05, 3.63) is 0 Å². The molecule has 0 amide bonds. The van der Waals surface area contributed by atoms with Gasteiger partial charge in [-0.2, -0.15) is 4.31 Å². The van der Waals surface area contributed by atoms with Gasteiger partial charge in [0.1, 0.15) is 0 Å². The molecular weight excluding hydrogens is 226 g/mol. The van der Waals surface area contributed by atoms with Crippen LogP contribution in [0.4, 0.5) is 0 Å². The van der Waals surface area contributed by atoms with Gasteiger partial charge in [-0.05, 0) is 26.7 Å². The Morgan fingerprint density at radius 1 is 1.25 bits per heavy atom. The van der Waals surface area contributed by atoms with E-state index < -0.39 is 15.6 Å². The summed E-state index contributed by atoms with van der Waals surface area (Å²) in [6.45, 7) is 3.80. The van der Waals surface area contributed by atoms with Gasteiger partial charge in [0.2, 0.25) is 10.0 Å². The first-order chi connectivity index (χ1) is 7.37. The Bertz CT molecular complexity index is 393. The summed E-state index contributed by atoms with van der Waals surface area (Å²) in [6.07, 6.45) is 3.85. The van der Waals surface area contributed by atoms with Crippen molar-refractivity contribution in [2.75, 3.05) is 6.54 Å². The highest BCUT2D eigenvalue weighted by atomic mass is 32.2. The van der Waals surface area contributed by atoms with Crippen molar-refractivity contribution in [3.63, 3.8) is 0 Å². The lowest BCUT2D eigenvalue weighted by Gasteiger charge is -2.31. The third kappa shape index (κ3) is 1.70. The van der Waals surface area contributed by atoms with Gasteiger partial charge in [-0.15, -0.1) is 0 Å². The average Bonchev–Trinajstić information content (AvgIpc) is 2.76. The maximum absolute atomic E-state index is 12.4. The van der Waals surface area contributed by atoms with Crippen LogP contribution in [0.3, 0.4) is 0 Å². The summed E-state index contributed by atoms with van der Waals surface area (Å²) < 4.78 is 26.2. The van der Waals surface area contributed by atoms with Gasteiger partial charge in [0.25, 0.3) is 0 Å². The standard InChI is InChI=1S/C11H19NO3S/c1-11(2)10(13)7-8-12(11)16(14,15)9-5-3-4-6-9/h9H,3-8H2,1-2H3. The molecule has 1 heterocycles. The molecular formula is C11H19NO3S. The topological polar surface area (TPSA) is 54.5 Å². The fraction of sp³-hybridized carbons (Fsp3) is 0.909. The lowest BCUT2D eigenvalue weighted by atomic mass is 10.0. The molecule has 0 N–H and O–H groups in total. The summed E-state index contributed by atoms with van der Waals surface area (Å²) in [5.74, 6) is 0.0362. The zero-order valence-electron chi connectivity index (χ0n) is 9.90. The summed E-state index contributed by atoms with van der Waals surface area (Å²) in [5, 5.41) is -0.252. The predicted octanol–water partition coefficient (Wildman–Crippen LogP) is 1.31. The Balaban J connectivity index is 2.27. The number of hydrogen-bond donors (Lipinski definition) is 0. The second-order valence-corrected chi connectivity index (χ2v) is 7.39.